The van der Waals surface area contributed by atoms with Crippen LogP contribution in [-0.2, 0) is 17.8 Å². The van der Waals surface area contributed by atoms with E-state index in [-0.39, 0.29) is 30.7 Å². The first kappa shape index (κ1) is 27.4. The average molecular weight is 440 g/mol. The lowest BCUT2D eigenvalue weighted by Crippen LogP contribution is -2.30. The molecule has 4 nitrogen and oxygen atoms in total. The molecule has 0 radical (unpaired) electrons. The Balaban J connectivity index is 0.00000392. The van der Waals surface area contributed by atoms with Gasteiger partial charge in [0.2, 0.25) is 5.91 Å². The SMILES string of the molecule is CN(CCCNC(=O)Cc1ccccc1)CCCN(C)Cc1ccccc1.Cl.Cl. The summed E-state index contributed by atoms with van der Waals surface area (Å²) in [6.45, 7) is 4.92. The monoisotopic (exact) mass is 439 g/mol. The third-order valence-electron chi connectivity index (χ3n) is 4.62. The summed E-state index contributed by atoms with van der Waals surface area (Å²) in [6.07, 6.45) is 2.60. The molecule has 0 saturated carbocycles. The van der Waals surface area contributed by atoms with Crippen LogP contribution >= 0.6 is 24.8 Å². The highest BCUT2D eigenvalue weighted by Crippen LogP contribution is 2.03. The van der Waals surface area contributed by atoms with Gasteiger partial charge >= 0.3 is 0 Å². The third-order valence-corrected chi connectivity index (χ3v) is 4.62. The Morgan fingerprint density at radius 1 is 0.759 bits per heavy atom. The summed E-state index contributed by atoms with van der Waals surface area (Å²) in [4.78, 5) is 16.6. The Labute approximate surface area is 188 Å². The molecule has 0 heterocycles. The standard InChI is InChI=1S/C23H33N3O.2ClH/c1-25(17-10-18-26(2)20-22-13-7-4-8-14-22)16-9-15-24-23(27)19-21-11-5-3-6-12-21;;/h3-8,11-14H,9-10,15-20H2,1-2H3,(H,24,27);2*1H. The number of amides is 1. The van der Waals surface area contributed by atoms with Crippen molar-refractivity contribution in [2.45, 2.75) is 25.8 Å². The number of benzene rings is 2. The molecule has 1 N–H and O–H groups in total. The molecule has 1 amide bonds. The number of hydrogen-bond acceptors (Lipinski definition) is 3. The highest BCUT2D eigenvalue weighted by Gasteiger charge is 2.04. The van der Waals surface area contributed by atoms with Gasteiger partial charge in [-0.05, 0) is 57.7 Å². The number of rotatable bonds is 12. The fraction of sp³-hybridized carbons (Fsp3) is 0.435. The van der Waals surface area contributed by atoms with E-state index in [0.717, 1.165) is 51.1 Å². The van der Waals surface area contributed by atoms with E-state index < -0.39 is 0 Å². The minimum atomic E-state index is 0. The second kappa shape index (κ2) is 16.2. The van der Waals surface area contributed by atoms with E-state index in [2.05, 4.69) is 59.5 Å². The van der Waals surface area contributed by atoms with Gasteiger partial charge in [0.25, 0.3) is 0 Å². The van der Waals surface area contributed by atoms with E-state index >= 15 is 0 Å². The first-order chi connectivity index (χ1) is 13.1. The maximum absolute atomic E-state index is 11.9. The van der Waals surface area contributed by atoms with Crippen LogP contribution in [-0.4, -0.2) is 56.0 Å². The van der Waals surface area contributed by atoms with Crippen molar-refractivity contribution in [3.8, 4) is 0 Å². The first-order valence-corrected chi connectivity index (χ1v) is 9.85. The lowest BCUT2D eigenvalue weighted by molar-refractivity contribution is -0.120. The van der Waals surface area contributed by atoms with E-state index in [1.807, 2.05) is 30.3 Å². The fourth-order valence-electron chi connectivity index (χ4n) is 3.12. The highest BCUT2D eigenvalue weighted by atomic mass is 35.5. The van der Waals surface area contributed by atoms with Crippen LogP contribution in [0.2, 0.25) is 0 Å². The predicted molar refractivity (Wildman–Crippen MR) is 127 cm³/mol. The van der Waals surface area contributed by atoms with Gasteiger partial charge in [-0.2, -0.15) is 0 Å². The molecule has 6 heteroatoms. The lowest BCUT2D eigenvalue weighted by atomic mass is 10.1. The van der Waals surface area contributed by atoms with E-state index in [9.17, 15) is 4.79 Å². The molecule has 0 atom stereocenters. The topological polar surface area (TPSA) is 35.6 Å². The van der Waals surface area contributed by atoms with Crippen LogP contribution in [0.25, 0.3) is 0 Å². The van der Waals surface area contributed by atoms with Gasteiger partial charge in [0.05, 0.1) is 6.42 Å². The number of carbonyl (C=O) groups excluding carboxylic acids is 1. The summed E-state index contributed by atoms with van der Waals surface area (Å²) in [5.74, 6) is 0.103. The van der Waals surface area contributed by atoms with Crippen molar-refractivity contribution >= 4 is 30.7 Å². The zero-order valence-electron chi connectivity index (χ0n) is 17.5. The Bertz CT molecular complexity index is 656. The Morgan fingerprint density at radius 3 is 1.90 bits per heavy atom. The zero-order chi connectivity index (χ0) is 19.3. The van der Waals surface area contributed by atoms with Crippen molar-refractivity contribution < 1.29 is 4.79 Å². The molecular formula is C23H35Cl2N3O. The van der Waals surface area contributed by atoms with Crippen LogP contribution in [0.5, 0.6) is 0 Å². The fourth-order valence-corrected chi connectivity index (χ4v) is 3.12. The summed E-state index contributed by atoms with van der Waals surface area (Å²) in [5.41, 5.74) is 2.42. The van der Waals surface area contributed by atoms with Crippen molar-refractivity contribution in [1.29, 1.82) is 0 Å². The minimum absolute atomic E-state index is 0. The average Bonchev–Trinajstić information content (AvgIpc) is 2.67. The molecule has 0 aliphatic rings. The Hall–Kier alpha value is -1.59. The molecule has 2 aromatic carbocycles. The van der Waals surface area contributed by atoms with Crippen LogP contribution in [0.1, 0.15) is 24.0 Å². The molecule has 0 aliphatic carbocycles. The largest absolute Gasteiger partial charge is 0.356 e. The quantitative estimate of drug-likeness (QED) is 0.506. The molecule has 0 fully saturated rings. The van der Waals surface area contributed by atoms with Crippen LogP contribution < -0.4 is 5.32 Å². The molecule has 0 unspecified atom stereocenters. The van der Waals surface area contributed by atoms with Gasteiger partial charge in [0.1, 0.15) is 0 Å². The van der Waals surface area contributed by atoms with Gasteiger partial charge in [0.15, 0.2) is 0 Å². The van der Waals surface area contributed by atoms with Crippen molar-refractivity contribution in [3.05, 3.63) is 71.8 Å². The number of hydrogen-bond donors (Lipinski definition) is 1. The van der Waals surface area contributed by atoms with Gasteiger partial charge < -0.3 is 15.1 Å². The van der Waals surface area contributed by atoms with Gasteiger partial charge in [-0.25, -0.2) is 0 Å². The smallest absolute Gasteiger partial charge is 0.224 e. The van der Waals surface area contributed by atoms with Gasteiger partial charge in [0, 0.05) is 13.1 Å². The highest BCUT2D eigenvalue weighted by molar-refractivity contribution is 5.85. The molecule has 0 saturated heterocycles. The minimum Gasteiger partial charge on any atom is -0.356 e. The van der Waals surface area contributed by atoms with Crippen LogP contribution in [0.15, 0.2) is 60.7 Å². The normalized spacial score (nSPS) is 10.3. The van der Waals surface area contributed by atoms with Gasteiger partial charge in [-0.15, -0.1) is 24.8 Å². The summed E-state index contributed by atoms with van der Waals surface area (Å²) < 4.78 is 0. The second-order valence-corrected chi connectivity index (χ2v) is 7.25. The van der Waals surface area contributed by atoms with E-state index in [0.29, 0.717) is 6.42 Å². The molecule has 162 valence electrons. The van der Waals surface area contributed by atoms with Crippen LogP contribution in [0, 0.1) is 0 Å². The molecule has 0 spiro atoms. The molecule has 2 aromatic rings. The molecule has 29 heavy (non-hydrogen) atoms. The summed E-state index contributed by atoms with van der Waals surface area (Å²) >= 11 is 0. The van der Waals surface area contributed by atoms with Crippen LogP contribution in [0.4, 0.5) is 0 Å². The Morgan fingerprint density at radius 2 is 1.28 bits per heavy atom. The van der Waals surface area contributed by atoms with Gasteiger partial charge in [-0.3, -0.25) is 4.79 Å². The summed E-state index contributed by atoms with van der Waals surface area (Å²) in [7, 11) is 4.33. The number of halogens is 2. The number of nitrogens with zero attached hydrogens (tertiary/aromatic N) is 2. The molecule has 0 aliphatic heterocycles. The molecule has 0 bridgehead atoms. The summed E-state index contributed by atoms with van der Waals surface area (Å²) in [5, 5.41) is 3.01. The molecule has 0 aromatic heterocycles. The zero-order valence-corrected chi connectivity index (χ0v) is 19.2. The Kier molecular flexibility index (Phi) is 15.3. The number of carbonyl (C=O) groups is 1. The van der Waals surface area contributed by atoms with Crippen molar-refractivity contribution in [1.82, 2.24) is 15.1 Å². The van der Waals surface area contributed by atoms with Crippen LogP contribution in [0.3, 0.4) is 0 Å². The van der Waals surface area contributed by atoms with Crippen molar-refractivity contribution in [2.24, 2.45) is 0 Å². The predicted octanol–water partition coefficient (Wildman–Crippen LogP) is 4.03. The first-order valence-electron chi connectivity index (χ1n) is 9.85. The second-order valence-electron chi connectivity index (χ2n) is 7.25. The third kappa shape index (κ3) is 12.6. The van der Waals surface area contributed by atoms with E-state index in [1.54, 1.807) is 0 Å². The van der Waals surface area contributed by atoms with E-state index in [1.165, 1.54) is 5.56 Å². The molecule has 2 rings (SSSR count). The van der Waals surface area contributed by atoms with Crippen molar-refractivity contribution in [2.75, 3.05) is 40.3 Å². The maximum atomic E-state index is 11.9. The maximum Gasteiger partial charge on any atom is 0.224 e. The van der Waals surface area contributed by atoms with Gasteiger partial charge in [-0.1, -0.05) is 60.7 Å². The van der Waals surface area contributed by atoms with E-state index in [4.69, 9.17) is 0 Å². The number of nitrogens with one attached hydrogen (secondary N) is 1. The summed E-state index contributed by atoms with van der Waals surface area (Å²) in [6, 6.07) is 20.5. The lowest BCUT2D eigenvalue weighted by Gasteiger charge is -2.20. The molecular weight excluding hydrogens is 405 g/mol. The van der Waals surface area contributed by atoms with Crippen molar-refractivity contribution in [3.63, 3.8) is 0 Å².